The molecule has 0 spiro atoms. The second-order valence-electron chi connectivity index (χ2n) is 3.14. The van der Waals surface area contributed by atoms with Crippen molar-refractivity contribution in [2.24, 2.45) is 0 Å². The maximum atomic E-state index is 9.70. The van der Waals surface area contributed by atoms with Crippen LogP contribution in [0.4, 0.5) is 0 Å². The second kappa shape index (κ2) is 5.01. The Morgan fingerprint density at radius 1 is 1.14 bits per heavy atom. The van der Waals surface area contributed by atoms with E-state index in [0.29, 0.717) is 0 Å². The van der Waals surface area contributed by atoms with Gasteiger partial charge >= 0.3 is 0 Å². The Kier molecular flexibility index (Phi) is 4.24. The lowest BCUT2D eigenvalue weighted by Gasteiger charge is -2.40. The van der Waals surface area contributed by atoms with Crippen LogP contribution in [0.2, 0.25) is 0 Å². The van der Waals surface area contributed by atoms with E-state index in [1.807, 2.05) is 0 Å². The van der Waals surface area contributed by atoms with Crippen molar-refractivity contribution in [3.05, 3.63) is 0 Å². The number of ether oxygens (including phenoxy) is 3. The first-order valence-electron chi connectivity index (χ1n) is 4.33. The Bertz CT molecular complexity index is 175. The summed E-state index contributed by atoms with van der Waals surface area (Å²) >= 11 is 0. The summed E-state index contributed by atoms with van der Waals surface area (Å²) in [4.78, 5) is 0. The smallest absolute Gasteiger partial charge is 0.184 e. The SMILES string of the molecule is CO[C@@H]1[C@@H](O)[C@@H](OC)[C@@H](CO)O[C@H]1O. The van der Waals surface area contributed by atoms with Crippen molar-refractivity contribution >= 4 is 0 Å². The molecule has 3 N–H and O–H groups in total. The summed E-state index contributed by atoms with van der Waals surface area (Å²) in [6.45, 7) is -0.330. The van der Waals surface area contributed by atoms with Gasteiger partial charge in [0.1, 0.15) is 24.4 Å². The average Bonchev–Trinajstić information content (AvgIpc) is 2.17. The lowest BCUT2D eigenvalue weighted by atomic mass is 9.99. The number of rotatable bonds is 3. The Balaban J connectivity index is 2.72. The van der Waals surface area contributed by atoms with Crippen molar-refractivity contribution in [1.29, 1.82) is 0 Å². The van der Waals surface area contributed by atoms with Crippen molar-refractivity contribution in [3.63, 3.8) is 0 Å². The third-order valence-corrected chi connectivity index (χ3v) is 2.36. The molecule has 84 valence electrons. The van der Waals surface area contributed by atoms with Crippen LogP contribution in [0.25, 0.3) is 0 Å². The molecule has 1 aliphatic heterocycles. The predicted molar refractivity (Wildman–Crippen MR) is 45.6 cm³/mol. The molecule has 1 aliphatic rings. The minimum Gasteiger partial charge on any atom is -0.394 e. The predicted octanol–water partition coefficient (Wildman–Crippen LogP) is -1.91. The van der Waals surface area contributed by atoms with Gasteiger partial charge < -0.3 is 29.5 Å². The maximum Gasteiger partial charge on any atom is 0.184 e. The molecule has 6 nitrogen and oxygen atoms in total. The van der Waals surface area contributed by atoms with Gasteiger partial charge in [-0.15, -0.1) is 0 Å². The van der Waals surface area contributed by atoms with Gasteiger partial charge in [0.2, 0.25) is 0 Å². The summed E-state index contributed by atoms with van der Waals surface area (Å²) in [5.41, 5.74) is 0. The van der Waals surface area contributed by atoms with Crippen molar-refractivity contribution in [1.82, 2.24) is 0 Å². The van der Waals surface area contributed by atoms with Gasteiger partial charge in [0.25, 0.3) is 0 Å². The van der Waals surface area contributed by atoms with E-state index >= 15 is 0 Å². The van der Waals surface area contributed by atoms with E-state index in [0.717, 1.165) is 0 Å². The highest BCUT2D eigenvalue weighted by Crippen LogP contribution is 2.23. The highest BCUT2D eigenvalue weighted by molar-refractivity contribution is 4.90. The summed E-state index contributed by atoms with van der Waals surface area (Å²) < 4.78 is 14.8. The van der Waals surface area contributed by atoms with Crippen molar-refractivity contribution in [3.8, 4) is 0 Å². The fraction of sp³-hybridized carbons (Fsp3) is 1.00. The molecule has 0 aliphatic carbocycles. The van der Waals surface area contributed by atoms with Gasteiger partial charge in [0, 0.05) is 14.2 Å². The molecule has 1 fully saturated rings. The topological polar surface area (TPSA) is 88.4 Å². The molecule has 0 bridgehead atoms. The highest BCUT2D eigenvalue weighted by atomic mass is 16.7. The first kappa shape index (κ1) is 11.8. The standard InChI is InChI=1S/C8H16O6/c1-12-6-4(3-9)14-8(11)7(13-2)5(6)10/h4-11H,3H2,1-2H3/t4-,5+,6+,7-,8-/m1/s1. The minimum absolute atomic E-state index is 0.330. The van der Waals surface area contributed by atoms with Gasteiger partial charge in [0.05, 0.1) is 6.61 Å². The van der Waals surface area contributed by atoms with Crippen LogP contribution in [0, 0.1) is 0 Å². The quantitative estimate of drug-likeness (QED) is 0.501. The summed E-state index contributed by atoms with van der Waals surface area (Å²) in [5.74, 6) is 0. The van der Waals surface area contributed by atoms with Gasteiger partial charge in [-0.05, 0) is 0 Å². The highest BCUT2D eigenvalue weighted by Gasteiger charge is 2.44. The molecule has 0 amide bonds. The number of aliphatic hydroxyl groups is 3. The van der Waals surface area contributed by atoms with Crippen molar-refractivity contribution in [2.45, 2.75) is 30.7 Å². The van der Waals surface area contributed by atoms with Gasteiger partial charge in [-0.2, -0.15) is 0 Å². The zero-order chi connectivity index (χ0) is 10.7. The number of hydrogen-bond acceptors (Lipinski definition) is 6. The maximum absolute atomic E-state index is 9.70. The Morgan fingerprint density at radius 3 is 2.14 bits per heavy atom. The molecular formula is C8H16O6. The third kappa shape index (κ3) is 2.05. The summed E-state index contributed by atoms with van der Waals surface area (Å²) in [7, 11) is 2.75. The van der Waals surface area contributed by atoms with Crippen molar-refractivity contribution in [2.75, 3.05) is 20.8 Å². The molecule has 6 heteroatoms. The molecule has 0 radical (unpaired) electrons. The van der Waals surface area contributed by atoms with Crippen LogP contribution in [0.5, 0.6) is 0 Å². The van der Waals surface area contributed by atoms with E-state index in [1.165, 1.54) is 14.2 Å². The number of methoxy groups -OCH3 is 2. The van der Waals surface area contributed by atoms with Crippen molar-refractivity contribution < 1.29 is 29.5 Å². The molecule has 5 atom stereocenters. The Hall–Kier alpha value is -0.240. The van der Waals surface area contributed by atoms with Gasteiger partial charge in [-0.3, -0.25) is 0 Å². The normalized spacial score (nSPS) is 43.9. The Morgan fingerprint density at radius 2 is 1.71 bits per heavy atom. The fourth-order valence-electron chi connectivity index (χ4n) is 1.60. The lowest BCUT2D eigenvalue weighted by Crippen LogP contribution is -2.59. The van der Waals surface area contributed by atoms with Crippen LogP contribution in [-0.4, -0.2) is 66.9 Å². The summed E-state index contributed by atoms with van der Waals surface area (Å²) in [6.07, 6.45) is -4.57. The monoisotopic (exact) mass is 208 g/mol. The molecular weight excluding hydrogens is 192 g/mol. The molecule has 14 heavy (non-hydrogen) atoms. The molecule has 0 unspecified atom stereocenters. The van der Waals surface area contributed by atoms with Crippen LogP contribution in [0.3, 0.4) is 0 Å². The second-order valence-corrected chi connectivity index (χ2v) is 3.14. The number of hydrogen-bond donors (Lipinski definition) is 3. The van der Waals surface area contributed by atoms with Gasteiger partial charge in [-0.1, -0.05) is 0 Å². The minimum atomic E-state index is -1.25. The molecule has 0 aromatic rings. The summed E-state index contributed by atoms with van der Waals surface area (Å²) in [6, 6.07) is 0. The van der Waals surface area contributed by atoms with Crippen LogP contribution in [0.15, 0.2) is 0 Å². The van der Waals surface area contributed by atoms with Crippen LogP contribution >= 0.6 is 0 Å². The molecule has 1 saturated heterocycles. The zero-order valence-electron chi connectivity index (χ0n) is 8.16. The van der Waals surface area contributed by atoms with Crippen LogP contribution in [-0.2, 0) is 14.2 Å². The lowest BCUT2D eigenvalue weighted by molar-refractivity contribution is -0.295. The van der Waals surface area contributed by atoms with E-state index in [9.17, 15) is 10.2 Å². The van der Waals surface area contributed by atoms with E-state index in [4.69, 9.17) is 19.3 Å². The summed E-state index contributed by atoms with van der Waals surface area (Å²) in [5, 5.41) is 28.0. The van der Waals surface area contributed by atoms with E-state index in [-0.39, 0.29) is 6.61 Å². The first-order chi connectivity index (χ1) is 6.65. The van der Waals surface area contributed by atoms with E-state index in [1.54, 1.807) is 0 Å². The molecule has 0 aromatic heterocycles. The molecule has 1 heterocycles. The van der Waals surface area contributed by atoms with Crippen LogP contribution < -0.4 is 0 Å². The zero-order valence-corrected chi connectivity index (χ0v) is 8.16. The third-order valence-electron chi connectivity index (χ3n) is 2.36. The number of aliphatic hydroxyl groups excluding tert-OH is 3. The van der Waals surface area contributed by atoms with Gasteiger partial charge in [0.15, 0.2) is 6.29 Å². The molecule has 1 rings (SSSR count). The van der Waals surface area contributed by atoms with Crippen LogP contribution in [0.1, 0.15) is 0 Å². The average molecular weight is 208 g/mol. The van der Waals surface area contributed by atoms with Gasteiger partial charge in [-0.25, -0.2) is 0 Å². The molecule has 0 saturated carbocycles. The fourth-order valence-corrected chi connectivity index (χ4v) is 1.60. The molecule has 0 aromatic carbocycles. The van der Waals surface area contributed by atoms with E-state index < -0.39 is 30.7 Å². The van der Waals surface area contributed by atoms with E-state index in [2.05, 4.69) is 0 Å². The Labute approximate surface area is 82.0 Å². The first-order valence-corrected chi connectivity index (χ1v) is 4.33. The largest absolute Gasteiger partial charge is 0.394 e.